The topological polar surface area (TPSA) is 35.2 Å². The Morgan fingerprint density at radius 1 is 1.45 bits per heavy atom. The van der Waals surface area contributed by atoms with Crippen LogP contribution in [0.1, 0.15) is 32.1 Å². The summed E-state index contributed by atoms with van der Waals surface area (Å²) in [6, 6.07) is 0.479. The van der Waals surface area contributed by atoms with Gasteiger partial charge in [-0.05, 0) is 38.0 Å². The smallest absolute Gasteiger partial charge is 0.0462 e. The molecule has 2 nitrogen and oxygen atoms in total. The van der Waals surface area contributed by atoms with E-state index in [-0.39, 0.29) is 0 Å². The van der Waals surface area contributed by atoms with Crippen molar-refractivity contribution < 1.29 is 4.74 Å². The fourth-order valence-corrected chi connectivity index (χ4v) is 1.39. The van der Waals surface area contributed by atoms with Gasteiger partial charge in [-0.15, -0.1) is 0 Å². The number of hydrogen-bond acceptors (Lipinski definition) is 2. The van der Waals surface area contributed by atoms with E-state index in [1.54, 1.807) is 7.11 Å². The Morgan fingerprint density at radius 2 is 2.18 bits per heavy atom. The van der Waals surface area contributed by atoms with E-state index < -0.39 is 0 Å². The summed E-state index contributed by atoms with van der Waals surface area (Å²) in [5.74, 6) is 0.859. The molecule has 1 atom stereocenters. The van der Waals surface area contributed by atoms with Gasteiger partial charge in [0.2, 0.25) is 0 Å². The lowest BCUT2D eigenvalue weighted by Gasteiger charge is -2.08. The van der Waals surface area contributed by atoms with E-state index >= 15 is 0 Å². The molecule has 66 valence electrons. The lowest BCUT2D eigenvalue weighted by molar-refractivity contribution is 0.191. The van der Waals surface area contributed by atoms with Crippen molar-refractivity contribution in [3.8, 4) is 0 Å². The minimum atomic E-state index is 0.479. The number of nitrogens with two attached hydrogens (primary N) is 1. The number of rotatable bonds is 6. The SMILES string of the molecule is COCCCC[C@@H](N)C1CC1. The van der Waals surface area contributed by atoms with Crippen molar-refractivity contribution in [1.29, 1.82) is 0 Å². The molecule has 0 radical (unpaired) electrons. The van der Waals surface area contributed by atoms with Gasteiger partial charge in [0, 0.05) is 19.8 Å². The Morgan fingerprint density at radius 3 is 2.73 bits per heavy atom. The van der Waals surface area contributed by atoms with Crippen LogP contribution in [0.25, 0.3) is 0 Å². The third-order valence-corrected chi connectivity index (χ3v) is 2.36. The number of methoxy groups -OCH3 is 1. The molecule has 0 aliphatic heterocycles. The van der Waals surface area contributed by atoms with Crippen LogP contribution in [-0.2, 0) is 4.74 Å². The highest BCUT2D eigenvalue weighted by atomic mass is 16.5. The Kier molecular flexibility index (Phi) is 3.87. The normalized spacial score (nSPS) is 20.2. The fraction of sp³-hybridized carbons (Fsp3) is 1.00. The minimum absolute atomic E-state index is 0.479. The maximum Gasteiger partial charge on any atom is 0.0462 e. The molecule has 0 heterocycles. The van der Waals surface area contributed by atoms with Crippen molar-refractivity contribution in [2.24, 2.45) is 11.7 Å². The van der Waals surface area contributed by atoms with Gasteiger partial charge >= 0.3 is 0 Å². The number of hydrogen-bond donors (Lipinski definition) is 1. The summed E-state index contributed by atoms with van der Waals surface area (Å²) in [6.45, 7) is 0.886. The van der Waals surface area contributed by atoms with E-state index in [2.05, 4.69) is 0 Å². The second-order valence-corrected chi connectivity index (χ2v) is 3.49. The highest BCUT2D eigenvalue weighted by Gasteiger charge is 2.27. The van der Waals surface area contributed by atoms with Gasteiger partial charge in [-0.1, -0.05) is 0 Å². The Labute approximate surface area is 69.1 Å². The van der Waals surface area contributed by atoms with Crippen LogP contribution in [0.4, 0.5) is 0 Å². The van der Waals surface area contributed by atoms with Gasteiger partial charge in [-0.2, -0.15) is 0 Å². The van der Waals surface area contributed by atoms with Gasteiger partial charge < -0.3 is 10.5 Å². The van der Waals surface area contributed by atoms with Crippen molar-refractivity contribution in [2.45, 2.75) is 38.1 Å². The first-order chi connectivity index (χ1) is 5.34. The fourth-order valence-electron chi connectivity index (χ4n) is 1.39. The molecule has 0 saturated heterocycles. The lowest BCUT2D eigenvalue weighted by Crippen LogP contribution is -2.22. The van der Waals surface area contributed by atoms with Crippen LogP contribution in [0.15, 0.2) is 0 Å². The van der Waals surface area contributed by atoms with Crippen molar-refractivity contribution in [3.05, 3.63) is 0 Å². The molecule has 2 heteroatoms. The third-order valence-electron chi connectivity index (χ3n) is 2.36. The van der Waals surface area contributed by atoms with Crippen molar-refractivity contribution in [3.63, 3.8) is 0 Å². The minimum Gasteiger partial charge on any atom is -0.385 e. The zero-order chi connectivity index (χ0) is 8.10. The van der Waals surface area contributed by atoms with Crippen LogP contribution >= 0.6 is 0 Å². The van der Waals surface area contributed by atoms with E-state index in [1.807, 2.05) is 0 Å². The molecule has 2 N–H and O–H groups in total. The zero-order valence-electron chi connectivity index (χ0n) is 7.38. The summed E-state index contributed by atoms with van der Waals surface area (Å²) in [6.07, 6.45) is 6.31. The quantitative estimate of drug-likeness (QED) is 0.594. The van der Waals surface area contributed by atoms with Crippen LogP contribution in [0.3, 0.4) is 0 Å². The molecule has 1 fully saturated rings. The molecular weight excluding hydrogens is 138 g/mol. The molecule has 1 aliphatic carbocycles. The van der Waals surface area contributed by atoms with Crippen LogP contribution in [0, 0.1) is 5.92 Å². The first kappa shape index (κ1) is 9.01. The molecule has 0 bridgehead atoms. The van der Waals surface area contributed by atoms with Gasteiger partial charge in [0.15, 0.2) is 0 Å². The van der Waals surface area contributed by atoms with Crippen molar-refractivity contribution >= 4 is 0 Å². The highest BCUT2D eigenvalue weighted by molar-refractivity contribution is 4.83. The molecule has 0 aromatic heterocycles. The summed E-state index contributed by atoms with van der Waals surface area (Å²) in [7, 11) is 1.75. The van der Waals surface area contributed by atoms with Crippen LogP contribution in [0.2, 0.25) is 0 Å². The molecule has 0 amide bonds. The van der Waals surface area contributed by atoms with E-state index in [0.717, 1.165) is 18.9 Å². The van der Waals surface area contributed by atoms with Gasteiger partial charge in [-0.3, -0.25) is 0 Å². The summed E-state index contributed by atoms with van der Waals surface area (Å²) in [5, 5.41) is 0. The predicted octanol–water partition coefficient (Wildman–Crippen LogP) is 1.54. The molecule has 0 unspecified atom stereocenters. The summed E-state index contributed by atoms with van der Waals surface area (Å²) in [4.78, 5) is 0. The van der Waals surface area contributed by atoms with E-state index in [4.69, 9.17) is 10.5 Å². The van der Waals surface area contributed by atoms with Crippen molar-refractivity contribution in [1.82, 2.24) is 0 Å². The molecule has 11 heavy (non-hydrogen) atoms. The van der Waals surface area contributed by atoms with E-state index in [1.165, 1.54) is 25.7 Å². The Bertz CT molecular complexity index is 102. The molecule has 1 rings (SSSR count). The standard InChI is InChI=1S/C9H19NO/c1-11-7-3-2-4-9(10)8-5-6-8/h8-9H,2-7,10H2,1H3/t9-/m1/s1. The molecule has 0 spiro atoms. The Hall–Kier alpha value is -0.0800. The molecule has 1 aliphatic rings. The third kappa shape index (κ3) is 3.73. The first-order valence-electron chi connectivity index (χ1n) is 4.59. The summed E-state index contributed by atoms with van der Waals surface area (Å²) >= 11 is 0. The maximum absolute atomic E-state index is 5.92. The maximum atomic E-state index is 5.92. The van der Waals surface area contributed by atoms with Gasteiger partial charge in [-0.25, -0.2) is 0 Å². The van der Waals surface area contributed by atoms with Crippen LogP contribution in [-0.4, -0.2) is 19.8 Å². The lowest BCUT2D eigenvalue weighted by atomic mass is 10.1. The number of unbranched alkanes of at least 4 members (excludes halogenated alkanes) is 1. The van der Waals surface area contributed by atoms with Crippen LogP contribution < -0.4 is 5.73 Å². The summed E-state index contributed by atoms with van der Waals surface area (Å²) in [5.41, 5.74) is 5.92. The zero-order valence-corrected chi connectivity index (χ0v) is 7.38. The first-order valence-corrected chi connectivity index (χ1v) is 4.59. The molecule has 1 saturated carbocycles. The molecule has 0 aromatic carbocycles. The Balaban J connectivity index is 1.85. The van der Waals surface area contributed by atoms with Crippen molar-refractivity contribution in [2.75, 3.05) is 13.7 Å². The van der Waals surface area contributed by atoms with Crippen LogP contribution in [0.5, 0.6) is 0 Å². The molecule has 0 aromatic rings. The average molecular weight is 157 g/mol. The van der Waals surface area contributed by atoms with E-state index in [9.17, 15) is 0 Å². The highest BCUT2D eigenvalue weighted by Crippen LogP contribution is 2.33. The monoisotopic (exact) mass is 157 g/mol. The predicted molar refractivity (Wildman–Crippen MR) is 46.4 cm³/mol. The second kappa shape index (κ2) is 4.73. The van der Waals surface area contributed by atoms with Gasteiger partial charge in [0.25, 0.3) is 0 Å². The second-order valence-electron chi connectivity index (χ2n) is 3.49. The van der Waals surface area contributed by atoms with Gasteiger partial charge in [0.1, 0.15) is 0 Å². The summed E-state index contributed by atoms with van der Waals surface area (Å²) < 4.78 is 4.96. The molecular formula is C9H19NO. The van der Waals surface area contributed by atoms with E-state index in [0.29, 0.717) is 6.04 Å². The largest absolute Gasteiger partial charge is 0.385 e. The average Bonchev–Trinajstić information content (AvgIpc) is 2.79. The van der Waals surface area contributed by atoms with Gasteiger partial charge in [0.05, 0.1) is 0 Å². The number of ether oxygens (including phenoxy) is 1.